The summed E-state index contributed by atoms with van der Waals surface area (Å²) < 4.78 is 0. The number of carbonyl (C=O) groups excluding carboxylic acids is 1. The Balaban J connectivity index is 1.89. The van der Waals surface area contributed by atoms with Gasteiger partial charge in [0.15, 0.2) is 0 Å². The zero-order valence-electron chi connectivity index (χ0n) is 13.0. The summed E-state index contributed by atoms with van der Waals surface area (Å²) in [5, 5.41) is 4.30. The molecule has 1 aromatic rings. The molecule has 4 nitrogen and oxygen atoms in total. The molecule has 2 rings (SSSR count). The van der Waals surface area contributed by atoms with E-state index in [1.165, 1.54) is 6.42 Å². The second-order valence-electron chi connectivity index (χ2n) is 5.65. The van der Waals surface area contributed by atoms with Crippen molar-refractivity contribution in [3.05, 3.63) is 30.3 Å². The van der Waals surface area contributed by atoms with Crippen LogP contribution in [0, 0.1) is 0 Å². The van der Waals surface area contributed by atoms with Crippen LogP contribution in [-0.2, 0) is 4.79 Å². The average molecular weight is 287 g/mol. The molecule has 114 valence electrons. The average Bonchev–Trinajstić information content (AvgIpc) is 2.53. The normalized spacial score (nSPS) is 19.4. The molecule has 0 radical (unpaired) electrons. The zero-order chi connectivity index (χ0) is 15.1. The number of piperidine rings is 1. The van der Waals surface area contributed by atoms with Crippen molar-refractivity contribution in [2.45, 2.75) is 52.0 Å². The minimum absolute atomic E-state index is 0.206. The van der Waals surface area contributed by atoms with Crippen molar-refractivity contribution >= 4 is 17.3 Å². The molecule has 1 aromatic carbocycles. The SMILES string of the molecule is CCC1CCCCN1C(=O)C/C(C)=N\Nc1ccccc1. The molecular weight excluding hydrogens is 262 g/mol. The molecule has 0 aromatic heterocycles. The number of benzene rings is 1. The number of nitrogens with zero attached hydrogens (tertiary/aromatic N) is 2. The first kappa shape index (κ1) is 15.5. The van der Waals surface area contributed by atoms with Crippen LogP contribution in [0.4, 0.5) is 5.69 Å². The fourth-order valence-electron chi connectivity index (χ4n) is 2.79. The van der Waals surface area contributed by atoms with E-state index in [0.29, 0.717) is 12.5 Å². The molecule has 1 saturated heterocycles. The van der Waals surface area contributed by atoms with E-state index >= 15 is 0 Å². The number of nitrogens with one attached hydrogen (secondary N) is 1. The predicted octanol–water partition coefficient (Wildman–Crippen LogP) is 3.66. The quantitative estimate of drug-likeness (QED) is 0.663. The van der Waals surface area contributed by atoms with Gasteiger partial charge in [-0.2, -0.15) is 5.10 Å². The number of amides is 1. The van der Waals surface area contributed by atoms with Crippen LogP contribution in [-0.4, -0.2) is 29.1 Å². The van der Waals surface area contributed by atoms with Crippen molar-refractivity contribution in [1.29, 1.82) is 0 Å². The number of hydrogen-bond donors (Lipinski definition) is 1. The van der Waals surface area contributed by atoms with Crippen LogP contribution in [0.5, 0.6) is 0 Å². The van der Waals surface area contributed by atoms with Crippen LogP contribution in [0.1, 0.15) is 46.0 Å². The van der Waals surface area contributed by atoms with Crippen LogP contribution in [0.25, 0.3) is 0 Å². The van der Waals surface area contributed by atoms with Gasteiger partial charge < -0.3 is 4.90 Å². The Bertz CT molecular complexity index is 484. The minimum atomic E-state index is 0.206. The lowest BCUT2D eigenvalue weighted by molar-refractivity contribution is -0.133. The Morgan fingerprint density at radius 3 is 2.81 bits per heavy atom. The standard InChI is InChI=1S/C17H25N3O/c1-3-16-11-7-8-12-20(16)17(21)13-14(2)18-19-15-9-5-4-6-10-15/h4-6,9-10,16,19H,3,7-8,11-13H2,1-2H3/b18-14-. The summed E-state index contributed by atoms with van der Waals surface area (Å²) in [6.45, 7) is 4.96. The molecule has 1 unspecified atom stereocenters. The molecule has 0 aliphatic carbocycles. The lowest BCUT2D eigenvalue weighted by Gasteiger charge is -2.35. The van der Waals surface area contributed by atoms with Crippen molar-refractivity contribution in [1.82, 2.24) is 4.90 Å². The monoisotopic (exact) mass is 287 g/mol. The van der Waals surface area contributed by atoms with Crippen molar-refractivity contribution in [2.24, 2.45) is 5.10 Å². The topological polar surface area (TPSA) is 44.7 Å². The first-order valence-corrected chi connectivity index (χ1v) is 7.84. The van der Waals surface area contributed by atoms with Gasteiger partial charge in [-0.15, -0.1) is 0 Å². The molecule has 0 spiro atoms. The van der Waals surface area contributed by atoms with Crippen molar-refractivity contribution in [2.75, 3.05) is 12.0 Å². The van der Waals surface area contributed by atoms with Gasteiger partial charge in [-0.25, -0.2) is 0 Å². The van der Waals surface area contributed by atoms with E-state index in [2.05, 4.69) is 17.5 Å². The molecule has 0 saturated carbocycles. The third-order valence-corrected chi connectivity index (χ3v) is 3.98. The summed E-state index contributed by atoms with van der Waals surface area (Å²) in [6, 6.07) is 10.2. The zero-order valence-corrected chi connectivity index (χ0v) is 13.0. The molecule has 1 heterocycles. The smallest absolute Gasteiger partial charge is 0.228 e. The van der Waals surface area contributed by atoms with E-state index in [1.807, 2.05) is 42.2 Å². The van der Waals surface area contributed by atoms with Gasteiger partial charge in [0, 0.05) is 18.3 Å². The fraction of sp³-hybridized carbons (Fsp3) is 0.529. The summed E-state index contributed by atoms with van der Waals surface area (Å²) in [5.74, 6) is 0.206. The van der Waals surface area contributed by atoms with E-state index in [1.54, 1.807) is 0 Å². The van der Waals surface area contributed by atoms with Crippen molar-refractivity contribution in [3.63, 3.8) is 0 Å². The Morgan fingerprint density at radius 2 is 2.10 bits per heavy atom. The Morgan fingerprint density at radius 1 is 1.33 bits per heavy atom. The molecule has 0 bridgehead atoms. The molecule has 1 aliphatic heterocycles. The van der Waals surface area contributed by atoms with Gasteiger partial charge in [0.05, 0.1) is 12.1 Å². The van der Waals surface area contributed by atoms with Gasteiger partial charge in [0.2, 0.25) is 5.91 Å². The summed E-state index contributed by atoms with van der Waals surface area (Å²) in [4.78, 5) is 14.5. The van der Waals surface area contributed by atoms with Gasteiger partial charge in [0.25, 0.3) is 0 Å². The van der Waals surface area contributed by atoms with Crippen LogP contribution >= 0.6 is 0 Å². The molecule has 1 atom stereocenters. The van der Waals surface area contributed by atoms with Crippen LogP contribution in [0.2, 0.25) is 0 Å². The number of para-hydroxylation sites is 1. The summed E-state index contributed by atoms with van der Waals surface area (Å²) in [7, 11) is 0. The van der Waals surface area contributed by atoms with E-state index in [4.69, 9.17) is 0 Å². The Kier molecular flexibility index (Phi) is 5.78. The van der Waals surface area contributed by atoms with Crippen molar-refractivity contribution in [3.8, 4) is 0 Å². The van der Waals surface area contributed by atoms with Gasteiger partial charge in [0.1, 0.15) is 0 Å². The maximum Gasteiger partial charge on any atom is 0.228 e. The van der Waals surface area contributed by atoms with E-state index in [-0.39, 0.29) is 5.91 Å². The van der Waals surface area contributed by atoms with Crippen LogP contribution < -0.4 is 5.43 Å². The molecule has 1 N–H and O–H groups in total. The third-order valence-electron chi connectivity index (χ3n) is 3.98. The van der Waals surface area contributed by atoms with E-state index in [0.717, 1.165) is 37.2 Å². The largest absolute Gasteiger partial charge is 0.339 e. The Labute approximate surface area is 127 Å². The summed E-state index contributed by atoms with van der Waals surface area (Å²) in [6.07, 6.45) is 4.95. The third kappa shape index (κ3) is 4.59. The van der Waals surface area contributed by atoms with Crippen LogP contribution in [0.3, 0.4) is 0 Å². The minimum Gasteiger partial charge on any atom is -0.339 e. The van der Waals surface area contributed by atoms with Gasteiger partial charge in [-0.05, 0) is 44.7 Å². The number of hydrogen-bond acceptors (Lipinski definition) is 3. The number of hydrazone groups is 1. The molecule has 1 amide bonds. The number of rotatable bonds is 5. The molecule has 21 heavy (non-hydrogen) atoms. The molecule has 4 heteroatoms. The summed E-state index contributed by atoms with van der Waals surface area (Å²) in [5.41, 5.74) is 4.76. The highest BCUT2D eigenvalue weighted by molar-refractivity contribution is 6.00. The number of carbonyl (C=O) groups is 1. The van der Waals surface area contributed by atoms with Gasteiger partial charge >= 0.3 is 0 Å². The number of anilines is 1. The van der Waals surface area contributed by atoms with Gasteiger partial charge in [-0.1, -0.05) is 25.1 Å². The van der Waals surface area contributed by atoms with E-state index in [9.17, 15) is 4.79 Å². The Hall–Kier alpha value is -1.84. The fourth-order valence-corrected chi connectivity index (χ4v) is 2.79. The second-order valence-corrected chi connectivity index (χ2v) is 5.65. The predicted molar refractivity (Wildman–Crippen MR) is 87.4 cm³/mol. The maximum atomic E-state index is 12.4. The lowest BCUT2D eigenvalue weighted by Crippen LogP contribution is -2.43. The highest BCUT2D eigenvalue weighted by atomic mass is 16.2. The number of likely N-dealkylation sites (tertiary alicyclic amines) is 1. The van der Waals surface area contributed by atoms with Crippen molar-refractivity contribution < 1.29 is 4.79 Å². The second kappa shape index (κ2) is 7.81. The van der Waals surface area contributed by atoms with E-state index < -0.39 is 0 Å². The highest BCUT2D eigenvalue weighted by Gasteiger charge is 2.25. The first-order chi connectivity index (χ1) is 10.2. The summed E-state index contributed by atoms with van der Waals surface area (Å²) >= 11 is 0. The molecular formula is C17H25N3O. The van der Waals surface area contributed by atoms with Gasteiger partial charge in [-0.3, -0.25) is 10.2 Å². The lowest BCUT2D eigenvalue weighted by atomic mass is 9.99. The maximum absolute atomic E-state index is 12.4. The van der Waals surface area contributed by atoms with Crippen LogP contribution in [0.15, 0.2) is 35.4 Å². The molecule has 1 aliphatic rings. The highest BCUT2D eigenvalue weighted by Crippen LogP contribution is 2.20. The molecule has 1 fully saturated rings. The first-order valence-electron chi connectivity index (χ1n) is 7.84.